The summed E-state index contributed by atoms with van der Waals surface area (Å²) in [5.74, 6) is 6.31. The van der Waals surface area contributed by atoms with Crippen molar-refractivity contribution in [2.24, 2.45) is 5.92 Å². The first-order chi connectivity index (χ1) is 9.86. The predicted molar refractivity (Wildman–Crippen MR) is 86.2 cm³/mol. The van der Waals surface area contributed by atoms with Crippen LogP contribution in [0.4, 0.5) is 0 Å². The van der Waals surface area contributed by atoms with Gasteiger partial charge in [0.2, 0.25) is 0 Å². The maximum atomic E-state index is 12.6. The first kappa shape index (κ1) is 17.3. The molecule has 0 bridgehead atoms. The lowest BCUT2D eigenvalue weighted by Gasteiger charge is -2.28. The van der Waals surface area contributed by atoms with E-state index in [1.165, 1.54) is 0 Å². The molecule has 0 saturated heterocycles. The highest BCUT2D eigenvalue weighted by Crippen LogP contribution is 2.15. The van der Waals surface area contributed by atoms with Crippen LogP contribution in [0.5, 0.6) is 0 Å². The molecule has 21 heavy (non-hydrogen) atoms. The number of carbonyl (C=O) groups excluding carboxylic acids is 1. The Morgan fingerprint density at radius 3 is 2.52 bits per heavy atom. The summed E-state index contributed by atoms with van der Waals surface area (Å²) in [5, 5.41) is 8.76. The van der Waals surface area contributed by atoms with Crippen LogP contribution in [0.3, 0.4) is 0 Å². The Morgan fingerprint density at radius 2 is 1.95 bits per heavy atom. The van der Waals surface area contributed by atoms with Gasteiger partial charge in [0.25, 0.3) is 5.91 Å². The van der Waals surface area contributed by atoms with Gasteiger partial charge in [0.05, 0.1) is 6.61 Å². The van der Waals surface area contributed by atoms with Gasteiger partial charge in [0.15, 0.2) is 0 Å². The summed E-state index contributed by atoms with van der Waals surface area (Å²) in [4.78, 5) is 14.3. The number of carbonyl (C=O) groups is 1. The number of aliphatic hydroxyl groups is 1. The molecule has 1 N–H and O–H groups in total. The van der Waals surface area contributed by atoms with E-state index in [4.69, 9.17) is 5.11 Å². The number of hydrogen-bond acceptors (Lipinski definition) is 2. The molecule has 3 nitrogen and oxygen atoms in total. The average Bonchev–Trinajstić information content (AvgIpc) is 2.44. The normalized spacial score (nSPS) is 11.8. The molecule has 0 aromatic heterocycles. The fourth-order valence-electron chi connectivity index (χ4n) is 2.04. The molecule has 1 rings (SSSR count). The van der Waals surface area contributed by atoms with Crippen molar-refractivity contribution >= 4 is 5.91 Å². The predicted octanol–water partition coefficient (Wildman–Crippen LogP) is 2.85. The molecule has 0 heterocycles. The quantitative estimate of drug-likeness (QED) is 0.865. The number of benzene rings is 1. The lowest BCUT2D eigenvalue weighted by atomic mass is 10.0. The van der Waals surface area contributed by atoms with E-state index in [9.17, 15) is 4.79 Å². The molecule has 114 valence electrons. The van der Waals surface area contributed by atoms with E-state index >= 15 is 0 Å². The maximum Gasteiger partial charge on any atom is 0.253 e. The van der Waals surface area contributed by atoms with Gasteiger partial charge in [-0.15, -0.1) is 0 Å². The molecule has 0 aliphatic heterocycles. The van der Waals surface area contributed by atoms with Crippen LogP contribution in [0.1, 0.15) is 48.7 Å². The lowest BCUT2D eigenvalue weighted by molar-refractivity contribution is 0.0707. The van der Waals surface area contributed by atoms with Crippen LogP contribution < -0.4 is 0 Å². The second-order valence-electron chi connectivity index (χ2n) is 5.76. The molecule has 0 spiro atoms. The van der Waals surface area contributed by atoms with Crippen molar-refractivity contribution in [3.63, 3.8) is 0 Å². The van der Waals surface area contributed by atoms with Crippen LogP contribution in [-0.2, 0) is 0 Å². The van der Waals surface area contributed by atoms with Gasteiger partial charge in [-0.2, -0.15) is 0 Å². The van der Waals surface area contributed by atoms with Crippen molar-refractivity contribution in [2.75, 3.05) is 13.7 Å². The van der Waals surface area contributed by atoms with Crippen LogP contribution >= 0.6 is 0 Å². The van der Waals surface area contributed by atoms with Crippen molar-refractivity contribution in [3.05, 3.63) is 34.9 Å². The number of nitrogens with zero attached hydrogens (tertiary/aromatic N) is 1. The molecule has 3 heteroatoms. The average molecular weight is 287 g/mol. The number of rotatable bonds is 4. The minimum atomic E-state index is 0.0186. The monoisotopic (exact) mass is 287 g/mol. The number of hydrogen-bond donors (Lipinski definition) is 1. The second kappa shape index (κ2) is 7.85. The van der Waals surface area contributed by atoms with Crippen molar-refractivity contribution in [1.29, 1.82) is 0 Å². The van der Waals surface area contributed by atoms with E-state index in [1.54, 1.807) is 4.90 Å². The molecular formula is C18H25NO2. The van der Waals surface area contributed by atoms with E-state index < -0.39 is 0 Å². The third-order valence-electron chi connectivity index (χ3n) is 3.69. The minimum absolute atomic E-state index is 0.0186. The third kappa shape index (κ3) is 4.91. The van der Waals surface area contributed by atoms with Crippen LogP contribution in [-0.4, -0.2) is 35.6 Å². The van der Waals surface area contributed by atoms with Gasteiger partial charge >= 0.3 is 0 Å². The Hall–Kier alpha value is -1.79. The zero-order valence-corrected chi connectivity index (χ0v) is 13.6. The SMILES string of the molecule is Cc1cc(C#CCCO)cc(C(=O)N(C)C(C)C(C)C)c1. The largest absolute Gasteiger partial charge is 0.395 e. The molecule has 1 aromatic carbocycles. The molecule has 0 radical (unpaired) electrons. The van der Waals surface area contributed by atoms with Crippen LogP contribution in [0, 0.1) is 24.7 Å². The van der Waals surface area contributed by atoms with Crippen molar-refractivity contribution in [3.8, 4) is 11.8 Å². The Bertz CT molecular complexity index is 552. The van der Waals surface area contributed by atoms with E-state index in [1.807, 2.05) is 32.2 Å². The van der Waals surface area contributed by atoms with Gasteiger partial charge in [0.1, 0.15) is 0 Å². The molecule has 0 aliphatic rings. The summed E-state index contributed by atoms with van der Waals surface area (Å²) >= 11 is 0. The van der Waals surface area contributed by atoms with Gasteiger partial charge < -0.3 is 10.0 Å². The van der Waals surface area contributed by atoms with Crippen LogP contribution in [0.2, 0.25) is 0 Å². The van der Waals surface area contributed by atoms with Crippen molar-refractivity contribution in [2.45, 2.75) is 40.2 Å². The van der Waals surface area contributed by atoms with E-state index in [2.05, 4.69) is 32.6 Å². The third-order valence-corrected chi connectivity index (χ3v) is 3.69. The zero-order chi connectivity index (χ0) is 16.0. The first-order valence-electron chi connectivity index (χ1n) is 7.35. The molecule has 0 aliphatic carbocycles. The minimum Gasteiger partial charge on any atom is -0.395 e. The number of aryl methyl sites for hydroxylation is 1. The summed E-state index contributed by atoms with van der Waals surface area (Å²) < 4.78 is 0. The van der Waals surface area contributed by atoms with Gasteiger partial charge in [-0.3, -0.25) is 4.79 Å². The molecule has 1 amide bonds. The van der Waals surface area contributed by atoms with Crippen LogP contribution in [0.15, 0.2) is 18.2 Å². The van der Waals surface area contributed by atoms with E-state index in [0.717, 1.165) is 11.1 Å². The fourth-order valence-corrected chi connectivity index (χ4v) is 2.04. The molecule has 0 fully saturated rings. The summed E-state index contributed by atoms with van der Waals surface area (Å²) in [6.45, 7) is 8.28. The first-order valence-corrected chi connectivity index (χ1v) is 7.35. The standard InChI is InChI=1S/C18H25NO2/c1-13(2)15(4)19(5)18(21)17-11-14(3)10-16(12-17)8-6-7-9-20/h10-13,15,20H,7,9H2,1-5H3. The summed E-state index contributed by atoms with van der Waals surface area (Å²) in [5.41, 5.74) is 2.50. The zero-order valence-electron chi connectivity index (χ0n) is 13.6. The van der Waals surface area contributed by atoms with Crippen molar-refractivity contribution < 1.29 is 9.90 Å². The Kier molecular flexibility index (Phi) is 6.45. The number of aliphatic hydroxyl groups excluding tert-OH is 1. The maximum absolute atomic E-state index is 12.6. The summed E-state index contributed by atoms with van der Waals surface area (Å²) in [7, 11) is 1.84. The summed E-state index contributed by atoms with van der Waals surface area (Å²) in [6.07, 6.45) is 0.446. The Morgan fingerprint density at radius 1 is 1.29 bits per heavy atom. The fraction of sp³-hybridized carbons (Fsp3) is 0.500. The second-order valence-corrected chi connectivity index (χ2v) is 5.76. The van der Waals surface area contributed by atoms with Gasteiger partial charge in [-0.25, -0.2) is 0 Å². The molecule has 0 saturated carbocycles. The van der Waals surface area contributed by atoms with E-state index in [-0.39, 0.29) is 18.6 Å². The van der Waals surface area contributed by atoms with Gasteiger partial charge in [-0.1, -0.05) is 25.7 Å². The molecular weight excluding hydrogens is 262 g/mol. The number of amides is 1. The van der Waals surface area contributed by atoms with Gasteiger partial charge in [-0.05, 0) is 43.5 Å². The Labute approximate surface area is 128 Å². The topological polar surface area (TPSA) is 40.5 Å². The van der Waals surface area contributed by atoms with E-state index in [0.29, 0.717) is 17.9 Å². The molecule has 1 atom stereocenters. The van der Waals surface area contributed by atoms with Gasteiger partial charge in [0, 0.05) is 30.6 Å². The molecule has 1 unspecified atom stereocenters. The highest BCUT2D eigenvalue weighted by atomic mass is 16.2. The highest BCUT2D eigenvalue weighted by molar-refractivity contribution is 5.94. The van der Waals surface area contributed by atoms with Crippen molar-refractivity contribution in [1.82, 2.24) is 4.90 Å². The highest BCUT2D eigenvalue weighted by Gasteiger charge is 2.20. The molecule has 1 aromatic rings. The summed E-state index contributed by atoms with van der Waals surface area (Å²) in [6, 6.07) is 5.85. The van der Waals surface area contributed by atoms with Crippen LogP contribution in [0.25, 0.3) is 0 Å². The lowest BCUT2D eigenvalue weighted by Crippen LogP contribution is -2.38. The Balaban J connectivity index is 3.03. The smallest absolute Gasteiger partial charge is 0.253 e.